The Bertz CT molecular complexity index is 1340. The Morgan fingerprint density at radius 3 is 2.63 bits per heavy atom. The number of benzene rings is 1. The zero-order valence-corrected chi connectivity index (χ0v) is 21.8. The van der Waals surface area contributed by atoms with E-state index in [2.05, 4.69) is 15.5 Å². The van der Waals surface area contributed by atoms with Crippen LogP contribution in [0.4, 0.5) is 5.00 Å². The molecular weight excluding hydrogens is 506 g/mol. The van der Waals surface area contributed by atoms with Gasteiger partial charge in [-0.15, -0.1) is 21.5 Å². The lowest BCUT2D eigenvalue weighted by molar-refractivity contribution is -0.113. The summed E-state index contributed by atoms with van der Waals surface area (Å²) in [5, 5.41) is 15.0. The highest BCUT2D eigenvalue weighted by Crippen LogP contribution is 2.36. The maximum Gasteiger partial charge on any atom is 0.341 e. The number of hydrogen-bond donors (Lipinski definition) is 1. The Morgan fingerprint density at radius 1 is 1.20 bits per heavy atom. The van der Waals surface area contributed by atoms with E-state index in [1.807, 2.05) is 58.9 Å². The second kappa shape index (κ2) is 11.1. The number of carbonyl (C=O) groups excluding carboxylic acids is 2. The van der Waals surface area contributed by atoms with Gasteiger partial charge in [0.15, 0.2) is 5.16 Å². The van der Waals surface area contributed by atoms with Gasteiger partial charge in [0, 0.05) is 47.9 Å². The summed E-state index contributed by atoms with van der Waals surface area (Å²) in [5.74, 6) is 0.197. The molecule has 0 aliphatic carbocycles. The lowest BCUT2D eigenvalue weighted by Gasteiger charge is -2.09. The van der Waals surface area contributed by atoms with Crippen molar-refractivity contribution in [3.05, 3.63) is 70.1 Å². The number of nitrogens with zero attached hydrogens (tertiary/aromatic N) is 4. The summed E-state index contributed by atoms with van der Waals surface area (Å²) in [6, 6.07) is 11.2. The molecule has 0 saturated carbocycles. The van der Waals surface area contributed by atoms with Crippen LogP contribution in [0.2, 0.25) is 5.02 Å². The van der Waals surface area contributed by atoms with Crippen LogP contribution in [0.3, 0.4) is 0 Å². The van der Waals surface area contributed by atoms with E-state index < -0.39 is 5.97 Å². The molecule has 0 aliphatic rings. The summed E-state index contributed by atoms with van der Waals surface area (Å²) in [5.41, 5.74) is 2.94. The van der Waals surface area contributed by atoms with Crippen molar-refractivity contribution in [2.45, 2.75) is 25.0 Å². The van der Waals surface area contributed by atoms with Gasteiger partial charge in [0.2, 0.25) is 5.91 Å². The van der Waals surface area contributed by atoms with Crippen LogP contribution in [0.5, 0.6) is 0 Å². The average Bonchev–Trinajstić information content (AvgIpc) is 3.57. The second-order valence-electron chi connectivity index (χ2n) is 7.62. The number of nitrogens with one attached hydrogen (secondary N) is 1. The number of aryl methyl sites for hydroxylation is 1. The molecule has 11 heteroatoms. The molecule has 0 aliphatic heterocycles. The third-order valence-electron chi connectivity index (χ3n) is 5.42. The van der Waals surface area contributed by atoms with E-state index in [1.165, 1.54) is 30.2 Å². The topological polar surface area (TPSA) is 91.0 Å². The van der Waals surface area contributed by atoms with E-state index >= 15 is 0 Å². The lowest BCUT2D eigenvalue weighted by atomic mass is 10.0. The van der Waals surface area contributed by atoms with Gasteiger partial charge < -0.3 is 19.2 Å². The van der Waals surface area contributed by atoms with Gasteiger partial charge in [-0.3, -0.25) is 4.79 Å². The minimum atomic E-state index is -0.518. The molecule has 8 nitrogen and oxygen atoms in total. The van der Waals surface area contributed by atoms with Gasteiger partial charge in [-0.2, -0.15) is 0 Å². The number of esters is 1. The normalized spacial score (nSPS) is 11.0. The third-order valence-corrected chi connectivity index (χ3v) is 7.54. The first-order chi connectivity index (χ1) is 16.9. The number of anilines is 1. The summed E-state index contributed by atoms with van der Waals surface area (Å²) in [6.45, 7) is 2.72. The number of methoxy groups -OCH3 is 1. The Morgan fingerprint density at radius 2 is 1.97 bits per heavy atom. The molecule has 0 bridgehead atoms. The smallest absolute Gasteiger partial charge is 0.341 e. The number of amides is 1. The maximum absolute atomic E-state index is 12.8. The summed E-state index contributed by atoms with van der Waals surface area (Å²) in [7, 11) is 3.31. The van der Waals surface area contributed by atoms with Crippen LogP contribution in [0.25, 0.3) is 11.1 Å². The second-order valence-corrected chi connectivity index (χ2v) is 9.88. The predicted molar refractivity (Wildman–Crippen MR) is 139 cm³/mol. The quantitative estimate of drug-likeness (QED) is 0.239. The minimum absolute atomic E-state index is 0.122. The van der Waals surface area contributed by atoms with E-state index in [-0.39, 0.29) is 11.7 Å². The van der Waals surface area contributed by atoms with Crippen LogP contribution in [0.1, 0.15) is 28.8 Å². The van der Waals surface area contributed by atoms with Gasteiger partial charge in [-0.25, -0.2) is 4.79 Å². The molecule has 0 unspecified atom stereocenters. The monoisotopic (exact) mass is 529 g/mol. The highest BCUT2D eigenvalue weighted by molar-refractivity contribution is 7.99. The van der Waals surface area contributed by atoms with Crippen molar-refractivity contribution in [3.8, 4) is 11.1 Å². The number of rotatable bonds is 9. The van der Waals surface area contributed by atoms with Gasteiger partial charge >= 0.3 is 5.97 Å². The number of halogens is 1. The molecule has 0 radical (unpaired) electrons. The number of thiophene rings is 1. The standard InChI is InChI=1S/C24H24ClN5O3S2/c1-4-30-19(12-17-6-5-11-29(17)2)27-28-24(30)35-14-20(31)26-22-21(23(32)33-3)18(13-34-22)15-7-9-16(25)10-8-15/h5-11,13H,4,12,14H2,1-3H3,(H,26,31). The molecule has 0 fully saturated rings. The van der Waals surface area contributed by atoms with Crippen molar-refractivity contribution in [2.75, 3.05) is 18.2 Å². The molecule has 4 rings (SSSR count). The van der Waals surface area contributed by atoms with Crippen LogP contribution in [0, 0.1) is 0 Å². The summed E-state index contributed by atoms with van der Waals surface area (Å²) >= 11 is 8.57. The molecule has 35 heavy (non-hydrogen) atoms. The first kappa shape index (κ1) is 25.0. The Hall–Kier alpha value is -3.08. The highest BCUT2D eigenvalue weighted by atomic mass is 35.5. The highest BCUT2D eigenvalue weighted by Gasteiger charge is 2.23. The SMILES string of the molecule is CCn1c(Cc2cccn2C)nnc1SCC(=O)Nc1scc(-c2ccc(Cl)cc2)c1C(=O)OC. The fraction of sp³-hybridized carbons (Fsp3) is 0.250. The van der Waals surface area contributed by atoms with Crippen molar-refractivity contribution in [2.24, 2.45) is 7.05 Å². The summed E-state index contributed by atoms with van der Waals surface area (Å²) in [4.78, 5) is 25.3. The molecule has 3 aromatic heterocycles. The van der Waals surface area contributed by atoms with Crippen molar-refractivity contribution in [3.63, 3.8) is 0 Å². The summed E-state index contributed by atoms with van der Waals surface area (Å²) < 4.78 is 9.04. The Labute approximate surface area is 216 Å². The van der Waals surface area contributed by atoms with Crippen LogP contribution < -0.4 is 5.32 Å². The van der Waals surface area contributed by atoms with Gasteiger partial charge in [-0.05, 0) is 36.8 Å². The van der Waals surface area contributed by atoms with E-state index in [0.717, 1.165) is 17.1 Å². The van der Waals surface area contributed by atoms with E-state index in [0.29, 0.717) is 39.3 Å². The van der Waals surface area contributed by atoms with Crippen LogP contribution >= 0.6 is 34.7 Å². The fourth-order valence-corrected chi connectivity index (χ4v) is 5.53. The van der Waals surface area contributed by atoms with Crippen molar-refractivity contribution >= 4 is 51.6 Å². The van der Waals surface area contributed by atoms with Crippen molar-refractivity contribution in [1.82, 2.24) is 19.3 Å². The predicted octanol–water partition coefficient (Wildman–Crippen LogP) is 5.13. The average molecular weight is 530 g/mol. The van der Waals surface area contributed by atoms with Crippen molar-refractivity contribution < 1.29 is 14.3 Å². The van der Waals surface area contributed by atoms with Gasteiger partial charge in [0.05, 0.1) is 12.9 Å². The van der Waals surface area contributed by atoms with Gasteiger partial charge in [0.25, 0.3) is 0 Å². The molecule has 3 heterocycles. The number of ether oxygens (including phenoxy) is 1. The van der Waals surface area contributed by atoms with Gasteiger partial charge in [-0.1, -0.05) is 35.5 Å². The van der Waals surface area contributed by atoms with Crippen molar-refractivity contribution in [1.29, 1.82) is 0 Å². The number of hydrogen-bond acceptors (Lipinski definition) is 7. The molecule has 4 aromatic rings. The molecule has 0 spiro atoms. The zero-order valence-electron chi connectivity index (χ0n) is 19.4. The third kappa shape index (κ3) is 5.61. The molecule has 0 saturated heterocycles. The molecule has 0 atom stereocenters. The van der Waals surface area contributed by atoms with Crippen LogP contribution in [0.15, 0.2) is 53.1 Å². The van der Waals surface area contributed by atoms with E-state index in [9.17, 15) is 9.59 Å². The first-order valence-corrected chi connectivity index (χ1v) is 13.1. The van der Waals surface area contributed by atoms with E-state index in [1.54, 1.807) is 12.1 Å². The van der Waals surface area contributed by atoms with E-state index in [4.69, 9.17) is 16.3 Å². The Kier molecular flexibility index (Phi) is 7.94. The fourth-order valence-electron chi connectivity index (χ4n) is 3.61. The molecule has 1 aromatic carbocycles. The first-order valence-electron chi connectivity index (χ1n) is 10.8. The number of aromatic nitrogens is 4. The number of thioether (sulfide) groups is 1. The number of carbonyl (C=O) groups is 2. The molecular formula is C24H24ClN5O3S2. The largest absolute Gasteiger partial charge is 0.465 e. The zero-order chi connectivity index (χ0) is 24.9. The van der Waals surface area contributed by atoms with Crippen LogP contribution in [-0.2, 0) is 29.5 Å². The molecule has 1 amide bonds. The molecule has 1 N–H and O–H groups in total. The summed E-state index contributed by atoms with van der Waals surface area (Å²) in [6.07, 6.45) is 2.65. The molecule has 182 valence electrons. The maximum atomic E-state index is 12.8. The van der Waals surface area contributed by atoms with Crippen LogP contribution in [-0.4, -0.2) is 44.1 Å². The minimum Gasteiger partial charge on any atom is -0.465 e. The lowest BCUT2D eigenvalue weighted by Crippen LogP contribution is -2.16. The van der Waals surface area contributed by atoms with Gasteiger partial charge in [0.1, 0.15) is 16.4 Å². The Balaban J connectivity index is 1.47.